The second kappa shape index (κ2) is 13.2. The van der Waals surface area contributed by atoms with Crippen molar-refractivity contribution in [2.45, 2.75) is 47.5 Å². The molecule has 8 heteroatoms. The van der Waals surface area contributed by atoms with Gasteiger partial charge < -0.3 is 23.9 Å². The van der Waals surface area contributed by atoms with Gasteiger partial charge in [-0.2, -0.15) is 0 Å². The van der Waals surface area contributed by atoms with Crippen LogP contribution in [0.2, 0.25) is 0 Å². The fourth-order valence-corrected chi connectivity index (χ4v) is 3.30. The number of carbonyl (C=O) groups excluding carboxylic acids is 3. The topological polar surface area (TPSA) is 104 Å². The average Bonchev–Trinajstić information content (AvgIpc) is 3.11. The molecule has 0 saturated heterocycles. The molecule has 0 amide bonds. The number of aromatic nitrogens is 1. The third kappa shape index (κ3) is 7.23. The second-order valence-electron chi connectivity index (χ2n) is 7.55. The van der Waals surface area contributed by atoms with Gasteiger partial charge in [0.15, 0.2) is 18.1 Å². The first-order valence-corrected chi connectivity index (χ1v) is 11.5. The van der Waals surface area contributed by atoms with Crippen LogP contribution in [-0.4, -0.2) is 49.1 Å². The van der Waals surface area contributed by atoms with E-state index in [-0.39, 0.29) is 12.3 Å². The van der Waals surface area contributed by atoms with Crippen LogP contribution in [0.25, 0.3) is 6.08 Å². The molecule has 2 aromatic rings. The number of carbonyl (C=O) groups is 3. The van der Waals surface area contributed by atoms with Crippen LogP contribution in [0.1, 0.15) is 71.3 Å². The zero-order chi connectivity index (χ0) is 25.1. The van der Waals surface area contributed by atoms with Gasteiger partial charge in [0.25, 0.3) is 0 Å². The first kappa shape index (κ1) is 26.7. The Morgan fingerprint density at radius 2 is 1.74 bits per heavy atom. The Hall–Kier alpha value is -3.55. The molecule has 0 atom stereocenters. The predicted octanol–water partition coefficient (Wildman–Crippen LogP) is 4.83. The monoisotopic (exact) mass is 471 g/mol. The number of nitrogens with one attached hydrogen (secondary N) is 1. The van der Waals surface area contributed by atoms with Crippen molar-refractivity contribution in [3.05, 3.63) is 52.4 Å². The molecular formula is C26H33NO7. The van der Waals surface area contributed by atoms with E-state index in [1.165, 1.54) is 6.08 Å². The number of Topliss-reactive ketones (excluding diaryl/α,β-unsaturated/α-hetero) is 1. The summed E-state index contributed by atoms with van der Waals surface area (Å²) in [7, 11) is 0. The molecule has 0 unspecified atom stereocenters. The van der Waals surface area contributed by atoms with E-state index in [0.29, 0.717) is 41.5 Å². The van der Waals surface area contributed by atoms with E-state index in [1.54, 1.807) is 45.0 Å². The standard InChI is InChI=1S/C26H33NO7/c1-6-9-14-33-21-12-10-19(15-22(21)31-7-2)11-13-23(29)34-16-20(28)25-17(4)24(18(5)27-25)26(30)32-8-3/h10-13,15,27H,6-9,14,16H2,1-5H3/b13-11-. The summed E-state index contributed by atoms with van der Waals surface area (Å²) < 4.78 is 21.5. The van der Waals surface area contributed by atoms with Gasteiger partial charge in [-0.05, 0) is 63.5 Å². The van der Waals surface area contributed by atoms with Gasteiger partial charge in [0.05, 0.1) is 31.1 Å². The highest BCUT2D eigenvalue weighted by atomic mass is 16.5. The van der Waals surface area contributed by atoms with Crippen molar-refractivity contribution in [3.8, 4) is 11.5 Å². The van der Waals surface area contributed by atoms with Crippen LogP contribution >= 0.6 is 0 Å². The van der Waals surface area contributed by atoms with E-state index in [2.05, 4.69) is 11.9 Å². The first-order valence-electron chi connectivity index (χ1n) is 11.5. The van der Waals surface area contributed by atoms with E-state index in [9.17, 15) is 14.4 Å². The number of rotatable bonds is 13. The Bertz CT molecular complexity index is 1040. The number of ketones is 1. The lowest BCUT2D eigenvalue weighted by molar-refractivity contribution is -0.136. The predicted molar refractivity (Wildman–Crippen MR) is 129 cm³/mol. The number of benzene rings is 1. The number of ether oxygens (including phenoxy) is 4. The van der Waals surface area contributed by atoms with Crippen molar-refractivity contribution >= 4 is 23.8 Å². The third-order valence-corrected chi connectivity index (χ3v) is 4.98. The summed E-state index contributed by atoms with van der Waals surface area (Å²) in [5.41, 5.74) is 2.26. The smallest absolute Gasteiger partial charge is 0.340 e. The Morgan fingerprint density at radius 3 is 2.41 bits per heavy atom. The number of esters is 2. The molecule has 0 aliphatic carbocycles. The SMILES string of the molecule is CCCCOc1ccc(/C=C\C(=O)OCC(=O)c2[nH]c(C)c(C(=O)OCC)c2C)cc1OCC. The van der Waals surface area contributed by atoms with Crippen molar-refractivity contribution in [2.24, 2.45) is 0 Å². The van der Waals surface area contributed by atoms with Gasteiger partial charge in [-0.3, -0.25) is 4.79 Å². The Labute approximate surface area is 200 Å². The van der Waals surface area contributed by atoms with Crippen molar-refractivity contribution in [1.29, 1.82) is 0 Å². The van der Waals surface area contributed by atoms with Gasteiger partial charge in [0.2, 0.25) is 5.78 Å². The van der Waals surface area contributed by atoms with Crippen LogP contribution in [0.15, 0.2) is 24.3 Å². The number of aromatic amines is 1. The molecule has 0 aliphatic heterocycles. The van der Waals surface area contributed by atoms with E-state index < -0.39 is 24.3 Å². The van der Waals surface area contributed by atoms with Crippen LogP contribution in [0, 0.1) is 13.8 Å². The second-order valence-corrected chi connectivity index (χ2v) is 7.55. The summed E-state index contributed by atoms with van der Waals surface area (Å²) in [6, 6.07) is 5.38. The lowest BCUT2D eigenvalue weighted by Gasteiger charge is -2.12. The Kier molecular flexibility index (Phi) is 10.4. The maximum atomic E-state index is 12.5. The van der Waals surface area contributed by atoms with Gasteiger partial charge in [-0.1, -0.05) is 19.4 Å². The molecule has 0 radical (unpaired) electrons. The lowest BCUT2D eigenvalue weighted by atomic mass is 10.1. The molecule has 8 nitrogen and oxygen atoms in total. The fourth-order valence-electron chi connectivity index (χ4n) is 3.30. The zero-order valence-electron chi connectivity index (χ0n) is 20.5. The maximum Gasteiger partial charge on any atom is 0.340 e. The minimum absolute atomic E-state index is 0.220. The zero-order valence-corrected chi connectivity index (χ0v) is 20.5. The highest BCUT2D eigenvalue weighted by Gasteiger charge is 2.23. The lowest BCUT2D eigenvalue weighted by Crippen LogP contribution is -2.14. The molecular weight excluding hydrogens is 438 g/mol. The first-order chi connectivity index (χ1) is 16.3. The van der Waals surface area contributed by atoms with Crippen LogP contribution in [0.3, 0.4) is 0 Å². The van der Waals surface area contributed by atoms with Crippen molar-refractivity contribution in [3.63, 3.8) is 0 Å². The van der Waals surface area contributed by atoms with Crippen LogP contribution in [0.4, 0.5) is 0 Å². The molecule has 1 aromatic heterocycles. The van der Waals surface area contributed by atoms with Gasteiger partial charge in [-0.25, -0.2) is 9.59 Å². The number of H-pyrrole nitrogens is 1. The summed E-state index contributed by atoms with van der Waals surface area (Å²) in [5, 5.41) is 0. The van der Waals surface area contributed by atoms with Crippen molar-refractivity contribution in [1.82, 2.24) is 4.98 Å². The quantitative estimate of drug-likeness (QED) is 0.193. The largest absolute Gasteiger partial charge is 0.490 e. The van der Waals surface area contributed by atoms with Crippen molar-refractivity contribution < 1.29 is 33.3 Å². The van der Waals surface area contributed by atoms with Crippen LogP contribution in [0.5, 0.6) is 11.5 Å². The minimum atomic E-state index is -0.666. The number of hydrogen-bond donors (Lipinski definition) is 1. The summed E-state index contributed by atoms with van der Waals surface area (Å²) in [5.74, 6) is -0.356. The molecule has 34 heavy (non-hydrogen) atoms. The molecule has 1 aromatic carbocycles. The van der Waals surface area contributed by atoms with Gasteiger partial charge in [-0.15, -0.1) is 0 Å². The molecule has 0 spiro atoms. The van der Waals surface area contributed by atoms with Gasteiger partial charge in [0.1, 0.15) is 0 Å². The summed E-state index contributed by atoms with van der Waals surface area (Å²) in [6.07, 6.45) is 4.80. The fraction of sp³-hybridized carbons (Fsp3) is 0.423. The van der Waals surface area contributed by atoms with Gasteiger partial charge >= 0.3 is 11.9 Å². The molecule has 0 aliphatic rings. The Morgan fingerprint density at radius 1 is 0.971 bits per heavy atom. The van der Waals surface area contributed by atoms with Crippen LogP contribution in [-0.2, 0) is 14.3 Å². The molecule has 1 heterocycles. The summed E-state index contributed by atoms with van der Waals surface area (Å²) >= 11 is 0. The van der Waals surface area contributed by atoms with Crippen LogP contribution < -0.4 is 9.47 Å². The molecule has 0 bridgehead atoms. The van der Waals surface area contributed by atoms with E-state index >= 15 is 0 Å². The molecule has 2 rings (SSSR count). The third-order valence-electron chi connectivity index (χ3n) is 4.98. The van der Waals surface area contributed by atoms with Crippen molar-refractivity contribution in [2.75, 3.05) is 26.4 Å². The maximum absolute atomic E-state index is 12.5. The highest BCUT2D eigenvalue weighted by Crippen LogP contribution is 2.29. The highest BCUT2D eigenvalue weighted by molar-refractivity contribution is 6.03. The van der Waals surface area contributed by atoms with E-state index in [0.717, 1.165) is 18.4 Å². The number of hydrogen-bond acceptors (Lipinski definition) is 7. The minimum Gasteiger partial charge on any atom is -0.490 e. The van der Waals surface area contributed by atoms with Gasteiger partial charge in [0, 0.05) is 11.8 Å². The molecule has 0 saturated carbocycles. The molecule has 184 valence electrons. The van der Waals surface area contributed by atoms with E-state index in [1.807, 2.05) is 6.92 Å². The average molecular weight is 472 g/mol. The van der Waals surface area contributed by atoms with E-state index in [4.69, 9.17) is 18.9 Å². The number of aryl methyl sites for hydroxylation is 1. The molecule has 0 fully saturated rings. The summed E-state index contributed by atoms with van der Waals surface area (Å²) in [4.78, 5) is 39.7. The number of unbranched alkanes of at least 4 members (excludes halogenated alkanes) is 1. The summed E-state index contributed by atoms with van der Waals surface area (Å²) in [6.45, 7) is 9.88. The Balaban J connectivity index is 2.00. The molecule has 1 N–H and O–H groups in total. The normalized spacial score (nSPS) is 10.9.